The fourth-order valence-corrected chi connectivity index (χ4v) is 4.89. The molecule has 0 atom stereocenters. The molecule has 0 unspecified atom stereocenters. The quantitative estimate of drug-likeness (QED) is 0.355. The molecule has 0 spiro atoms. The van der Waals surface area contributed by atoms with Crippen molar-refractivity contribution in [3.05, 3.63) is 59.9 Å². The first-order chi connectivity index (χ1) is 16.2. The van der Waals surface area contributed by atoms with Crippen molar-refractivity contribution in [2.24, 2.45) is 0 Å². The molecule has 4 aromatic rings. The number of likely N-dealkylation sites (N-methyl/N-ethyl adjacent to an activating group) is 1. The number of carbonyl (C=O) groups is 1. The van der Waals surface area contributed by atoms with Gasteiger partial charge in [0.1, 0.15) is 18.1 Å². The largest absolute Gasteiger partial charge is 0.492 e. The minimum atomic E-state index is 0.659. The summed E-state index contributed by atoms with van der Waals surface area (Å²) in [7, 11) is 2.17. The first-order valence-corrected chi connectivity index (χ1v) is 11.8. The lowest BCUT2D eigenvalue weighted by Crippen LogP contribution is -2.45. The number of aromatic nitrogens is 2. The van der Waals surface area contributed by atoms with Crippen LogP contribution in [-0.2, 0) is 4.79 Å². The maximum Gasteiger partial charge on any atom is 0.211 e. The summed E-state index contributed by atoms with van der Waals surface area (Å²) in [4.78, 5) is 20.9. The molecule has 8 heteroatoms. The highest BCUT2D eigenvalue weighted by atomic mass is 32.1. The van der Waals surface area contributed by atoms with Crippen LogP contribution in [-0.4, -0.2) is 72.0 Å². The Morgan fingerprint density at radius 3 is 2.73 bits per heavy atom. The highest BCUT2D eigenvalue weighted by Gasteiger charge is 2.13. The Bertz CT molecular complexity index is 1320. The lowest BCUT2D eigenvalue weighted by Gasteiger charge is -2.32. The second-order valence-corrected chi connectivity index (χ2v) is 9.10. The zero-order valence-electron chi connectivity index (χ0n) is 18.5. The average Bonchev–Trinajstić information content (AvgIpc) is 3.37. The molecule has 5 rings (SSSR count). The van der Waals surface area contributed by atoms with E-state index in [0.717, 1.165) is 70.6 Å². The van der Waals surface area contributed by atoms with Crippen molar-refractivity contribution >= 4 is 38.6 Å². The number of nitrogens with one attached hydrogen (secondary N) is 1. The smallest absolute Gasteiger partial charge is 0.211 e. The molecule has 1 saturated heterocycles. The second-order valence-electron chi connectivity index (χ2n) is 8.09. The van der Waals surface area contributed by atoms with Crippen molar-refractivity contribution in [1.82, 2.24) is 19.2 Å². The van der Waals surface area contributed by atoms with Gasteiger partial charge in [0.15, 0.2) is 4.96 Å². The number of piperazine rings is 1. The van der Waals surface area contributed by atoms with Crippen LogP contribution in [0.15, 0.2) is 48.7 Å². The third kappa shape index (κ3) is 5.01. The van der Waals surface area contributed by atoms with E-state index in [1.165, 1.54) is 0 Å². The number of hydrogen-bond acceptors (Lipinski definition) is 6. The first-order valence-electron chi connectivity index (χ1n) is 11.0. The number of carbonyl (C=O) groups excluding carboxylic acids is 1. The monoisotopic (exact) mass is 459 g/mol. The van der Waals surface area contributed by atoms with Gasteiger partial charge >= 0.3 is 0 Å². The van der Waals surface area contributed by atoms with Crippen LogP contribution in [0, 0.1) is 11.8 Å². The molecule has 1 aliphatic rings. The Morgan fingerprint density at radius 1 is 1.12 bits per heavy atom. The number of anilines is 1. The molecule has 1 N–H and O–H groups in total. The van der Waals surface area contributed by atoms with Crippen molar-refractivity contribution in [2.45, 2.75) is 0 Å². The number of hydrogen-bond donors (Lipinski definition) is 1. The highest BCUT2D eigenvalue weighted by Crippen LogP contribution is 2.29. The topological polar surface area (TPSA) is 62.1 Å². The van der Waals surface area contributed by atoms with E-state index in [0.29, 0.717) is 13.0 Å². The summed E-state index contributed by atoms with van der Waals surface area (Å²) in [5, 5.41) is 2.62. The van der Waals surface area contributed by atoms with E-state index in [1.54, 1.807) is 11.3 Å². The number of amides is 1. The highest BCUT2D eigenvalue weighted by molar-refractivity contribution is 7.23. The van der Waals surface area contributed by atoms with E-state index in [9.17, 15) is 4.79 Å². The number of nitrogens with zero attached hydrogens (tertiary/aromatic N) is 4. The first kappa shape index (κ1) is 21.5. The van der Waals surface area contributed by atoms with E-state index >= 15 is 0 Å². The number of rotatable bonds is 6. The standard InChI is InChI=1S/C25H25N5O2S/c1-28-10-12-29(13-11-28)14-15-32-22-8-9-23-24(16-22)33-25-27-21(17-30(23)25)7-4-19-2-5-20(6-3-19)26-18-31/h2-3,5-6,8-9,16-18H,10-15H2,1H3,(H,26,31). The molecule has 2 aromatic carbocycles. The number of imidazole rings is 1. The van der Waals surface area contributed by atoms with Gasteiger partial charge in [-0.05, 0) is 55.4 Å². The maximum atomic E-state index is 10.5. The summed E-state index contributed by atoms with van der Waals surface area (Å²) in [5.74, 6) is 7.15. The fourth-order valence-electron chi connectivity index (χ4n) is 3.85. The van der Waals surface area contributed by atoms with Crippen LogP contribution >= 0.6 is 11.3 Å². The molecule has 168 valence electrons. The minimum Gasteiger partial charge on any atom is -0.492 e. The molecule has 33 heavy (non-hydrogen) atoms. The normalized spacial score (nSPS) is 14.8. The maximum absolute atomic E-state index is 10.5. The van der Waals surface area contributed by atoms with Crippen LogP contribution in [0.4, 0.5) is 5.69 Å². The molecule has 0 bridgehead atoms. The van der Waals surface area contributed by atoms with Gasteiger partial charge < -0.3 is 15.0 Å². The summed E-state index contributed by atoms with van der Waals surface area (Å²) in [5.41, 5.74) is 3.44. The summed E-state index contributed by atoms with van der Waals surface area (Å²) in [6.45, 7) is 6.11. The fraction of sp³-hybridized carbons (Fsp3) is 0.280. The lowest BCUT2D eigenvalue weighted by molar-refractivity contribution is -0.105. The van der Waals surface area contributed by atoms with E-state index in [-0.39, 0.29) is 0 Å². The Hall–Kier alpha value is -3.38. The summed E-state index contributed by atoms with van der Waals surface area (Å²) in [6, 6.07) is 13.6. The molecular weight excluding hydrogens is 434 g/mol. The molecule has 0 aliphatic carbocycles. The van der Waals surface area contributed by atoms with Crippen LogP contribution in [0.25, 0.3) is 15.2 Å². The molecule has 0 saturated carbocycles. The zero-order chi connectivity index (χ0) is 22.6. The third-order valence-electron chi connectivity index (χ3n) is 5.78. The Kier molecular flexibility index (Phi) is 6.26. The van der Waals surface area contributed by atoms with Crippen molar-refractivity contribution in [3.63, 3.8) is 0 Å². The van der Waals surface area contributed by atoms with E-state index in [1.807, 2.05) is 36.5 Å². The van der Waals surface area contributed by atoms with E-state index < -0.39 is 0 Å². The molecule has 1 aliphatic heterocycles. The van der Waals surface area contributed by atoms with Crippen molar-refractivity contribution in [1.29, 1.82) is 0 Å². The Labute approximate surface area is 196 Å². The van der Waals surface area contributed by atoms with Crippen molar-refractivity contribution in [3.8, 4) is 17.6 Å². The molecule has 7 nitrogen and oxygen atoms in total. The van der Waals surface area contributed by atoms with Crippen molar-refractivity contribution < 1.29 is 9.53 Å². The zero-order valence-corrected chi connectivity index (χ0v) is 19.3. The molecule has 1 fully saturated rings. The lowest BCUT2D eigenvalue weighted by atomic mass is 10.2. The van der Waals surface area contributed by atoms with E-state index in [2.05, 4.69) is 55.5 Å². The van der Waals surface area contributed by atoms with Crippen LogP contribution in [0.3, 0.4) is 0 Å². The van der Waals surface area contributed by atoms with Gasteiger partial charge in [-0.3, -0.25) is 14.1 Å². The third-order valence-corrected chi connectivity index (χ3v) is 6.80. The second kappa shape index (κ2) is 9.63. The molecule has 2 aromatic heterocycles. The van der Waals surface area contributed by atoms with Gasteiger partial charge in [-0.2, -0.15) is 0 Å². The summed E-state index contributed by atoms with van der Waals surface area (Å²) >= 11 is 1.63. The number of fused-ring (bicyclic) bond motifs is 3. The predicted molar refractivity (Wildman–Crippen MR) is 132 cm³/mol. The molecule has 1 amide bonds. The predicted octanol–water partition coefficient (Wildman–Crippen LogP) is 3.14. The van der Waals surface area contributed by atoms with Crippen LogP contribution < -0.4 is 10.1 Å². The van der Waals surface area contributed by atoms with Gasteiger partial charge in [0.25, 0.3) is 0 Å². The van der Waals surface area contributed by atoms with Crippen LogP contribution in [0.5, 0.6) is 5.75 Å². The number of benzene rings is 2. The molecular formula is C25H25N5O2S. The number of thiazole rings is 1. The van der Waals surface area contributed by atoms with Crippen LogP contribution in [0.2, 0.25) is 0 Å². The summed E-state index contributed by atoms with van der Waals surface area (Å²) in [6.07, 6.45) is 2.63. The van der Waals surface area contributed by atoms with Gasteiger partial charge in [-0.15, -0.1) is 0 Å². The average molecular weight is 460 g/mol. The minimum absolute atomic E-state index is 0.659. The SMILES string of the molecule is CN1CCN(CCOc2ccc3c(c2)sc2nc(C#Cc4ccc(NC=O)cc4)cn23)CC1. The van der Waals surface area contributed by atoms with Gasteiger partial charge in [-0.1, -0.05) is 17.3 Å². The molecule has 0 radical (unpaired) electrons. The Morgan fingerprint density at radius 2 is 1.94 bits per heavy atom. The van der Waals surface area contributed by atoms with Crippen LogP contribution in [0.1, 0.15) is 11.3 Å². The van der Waals surface area contributed by atoms with Gasteiger partial charge in [0, 0.05) is 50.2 Å². The van der Waals surface area contributed by atoms with Gasteiger partial charge in [0.05, 0.1) is 10.2 Å². The number of ether oxygens (including phenoxy) is 1. The summed E-state index contributed by atoms with van der Waals surface area (Å²) < 4.78 is 9.25. The Balaban J connectivity index is 1.25. The van der Waals surface area contributed by atoms with Crippen molar-refractivity contribution in [2.75, 3.05) is 51.7 Å². The van der Waals surface area contributed by atoms with Gasteiger partial charge in [0.2, 0.25) is 6.41 Å². The van der Waals surface area contributed by atoms with E-state index in [4.69, 9.17) is 4.74 Å². The van der Waals surface area contributed by atoms with Gasteiger partial charge in [-0.25, -0.2) is 4.98 Å². The molecule has 3 heterocycles.